The molecule has 2 aliphatic rings. The van der Waals surface area contributed by atoms with E-state index >= 15 is 0 Å². The van der Waals surface area contributed by atoms with Gasteiger partial charge in [0.25, 0.3) is 5.91 Å². The molecule has 0 aliphatic carbocycles. The van der Waals surface area contributed by atoms with E-state index in [4.69, 9.17) is 16.3 Å². The number of rotatable bonds is 3. The number of benzene rings is 2. The maximum Gasteiger partial charge on any atom is 0.259 e. The van der Waals surface area contributed by atoms with Crippen LogP contribution in [0.1, 0.15) is 27.9 Å². The van der Waals surface area contributed by atoms with Gasteiger partial charge >= 0.3 is 0 Å². The molecule has 30 heavy (non-hydrogen) atoms. The summed E-state index contributed by atoms with van der Waals surface area (Å²) >= 11 is 6.30. The zero-order chi connectivity index (χ0) is 21.5. The van der Waals surface area contributed by atoms with Crippen LogP contribution in [0.25, 0.3) is 0 Å². The predicted octanol–water partition coefficient (Wildman–Crippen LogP) is 3.40. The predicted molar refractivity (Wildman–Crippen MR) is 112 cm³/mol. The summed E-state index contributed by atoms with van der Waals surface area (Å²) in [4.78, 5) is 15.0. The van der Waals surface area contributed by atoms with Crippen LogP contribution in [0.2, 0.25) is 5.02 Å². The zero-order valence-electron chi connectivity index (χ0n) is 16.5. The summed E-state index contributed by atoms with van der Waals surface area (Å²) in [6, 6.07) is 7.02. The number of anilines is 1. The second kappa shape index (κ2) is 8.26. The first-order chi connectivity index (χ1) is 14.3. The van der Waals surface area contributed by atoms with Crippen LogP contribution in [0, 0.1) is 12.7 Å². The lowest BCUT2D eigenvalue weighted by Crippen LogP contribution is -2.40. The number of morpholine rings is 1. The fourth-order valence-electron chi connectivity index (χ4n) is 4.03. The lowest BCUT2D eigenvalue weighted by molar-refractivity contribution is 0.0730. The van der Waals surface area contributed by atoms with Crippen molar-refractivity contribution in [3.05, 3.63) is 57.9 Å². The van der Waals surface area contributed by atoms with Crippen molar-refractivity contribution in [3.8, 4) is 0 Å². The summed E-state index contributed by atoms with van der Waals surface area (Å²) in [5.41, 5.74) is 2.21. The molecule has 0 spiro atoms. The average molecular weight is 453 g/mol. The van der Waals surface area contributed by atoms with Gasteiger partial charge in [-0.05, 0) is 61.2 Å². The molecule has 0 radical (unpaired) electrons. The third-order valence-electron chi connectivity index (χ3n) is 5.46. The standard InChI is InChI=1S/C21H22ClFN2O4S/c1-14-11-16(23)12-15-3-2-6-25(20(14)15)21(26)18-13-17(4-5-19(18)22)30(27,28)24-7-9-29-10-8-24/h4-5,11-13H,2-3,6-10H2,1H3. The molecule has 160 valence electrons. The maximum absolute atomic E-state index is 13.8. The highest BCUT2D eigenvalue weighted by atomic mass is 35.5. The summed E-state index contributed by atoms with van der Waals surface area (Å²) in [5.74, 6) is -0.730. The van der Waals surface area contributed by atoms with Crippen LogP contribution in [0.5, 0.6) is 0 Å². The zero-order valence-corrected chi connectivity index (χ0v) is 18.1. The number of hydrogen-bond acceptors (Lipinski definition) is 4. The molecule has 0 aromatic heterocycles. The summed E-state index contributed by atoms with van der Waals surface area (Å²) in [5, 5.41) is 0.174. The fourth-order valence-corrected chi connectivity index (χ4v) is 5.67. The Morgan fingerprint density at radius 2 is 1.87 bits per heavy atom. The van der Waals surface area contributed by atoms with Crippen molar-refractivity contribution in [2.24, 2.45) is 0 Å². The van der Waals surface area contributed by atoms with E-state index in [-0.39, 0.29) is 34.4 Å². The molecule has 1 amide bonds. The van der Waals surface area contributed by atoms with Crippen LogP contribution in [-0.2, 0) is 21.2 Å². The number of carbonyl (C=O) groups is 1. The van der Waals surface area contributed by atoms with E-state index in [2.05, 4.69) is 0 Å². The number of hydrogen-bond donors (Lipinski definition) is 0. The molecule has 6 nitrogen and oxygen atoms in total. The van der Waals surface area contributed by atoms with E-state index < -0.39 is 15.9 Å². The lowest BCUT2D eigenvalue weighted by Gasteiger charge is -2.31. The van der Waals surface area contributed by atoms with E-state index in [1.807, 2.05) is 0 Å². The second-order valence-electron chi connectivity index (χ2n) is 7.45. The Bertz CT molecular complexity index is 1100. The van der Waals surface area contributed by atoms with Gasteiger partial charge in [0.1, 0.15) is 5.82 Å². The highest BCUT2D eigenvalue weighted by molar-refractivity contribution is 7.89. The van der Waals surface area contributed by atoms with Crippen LogP contribution in [0.4, 0.5) is 10.1 Å². The molecular weight excluding hydrogens is 431 g/mol. The average Bonchev–Trinajstić information content (AvgIpc) is 2.73. The first-order valence-corrected chi connectivity index (χ1v) is 11.6. The Balaban J connectivity index is 1.72. The molecule has 0 bridgehead atoms. The summed E-state index contributed by atoms with van der Waals surface area (Å²) < 4.78 is 46.4. The summed E-state index contributed by atoms with van der Waals surface area (Å²) in [6.45, 7) is 3.40. The number of fused-ring (bicyclic) bond motifs is 1. The quantitative estimate of drug-likeness (QED) is 0.715. The first-order valence-electron chi connectivity index (χ1n) is 9.77. The minimum atomic E-state index is -3.77. The molecule has 0 unspecified atom stereocenters. The molecule has 2 aliphatic heterocycles. The van der Waals surface area contributed by atoms with Gasteiger partial charge in [-0.15, -0.1) is 0 Å². The van der Waals surface area contributed by atoms with Crippen LogP contribution < -0.4 is 4.90 Å². The Kier molecular flexibility index (Phi) is 5.85. The van der Waals surface area contributed by atoms with E-state index in [0.29, 0.717) is 43.9 Å². The third-order valence-corrected chi connectivity index (χ3v) is 7.69. The van der Waals surface area contributed by atoms with E-state index in [9.17, 15) is 17.6 Å². The Hall–Kier alpha value is -2.00. The molecule has 0 atom stereocenters. The SMILES string of the molecule is Cc1cc(F)cc2c1N(C(=O)c1cc(S(=O)(=O)N3CCOCC3)ccc1Cl)CCC2. The van der Waals surface area contributed by atoms with E-state index in [0.717, 1.165) is 5.56 Å². The van der Waals surface area contributed by atoms with Gasteiger partial charge in [-0.3, -0.25) is 4.79 Å². The minimum Gasteiger partial charge on any atom is -0.379 e. The summed E-state index contributed by atoms with van der Waals surface area (Å²) in [7, 11) is -3.77. The van der Waals surface area contributed by atoms with Gasteiger partial charge < -0.3 is 9.64 Å². The molecule has 1 fully saturated rings. The maximum atomic E-state index is 13.8. The van der Waals surface area contributed by atoms with Crippen molar-refractivity contribution in [1.82, 2.24) is 4.31 Å². The minimum absolute atomic E-state index is 0.0187. The Morgan fingerprint density at radius 1 is 1.13 bits per heavy atom. The fraction of sp³-hybridized carbons (Fsp3) is 0.381. The molecular formula is C21H22ClFN2O4S. The number of amides is 1. The van der Waals surface area contributed by atoms with Crippen molar-refractivity contribution in [3.63, 3.8) is 0 Å². The number of sulfonamides is 1. The summed E-state index contributed by atoms with van der Waals surface area (Å²) in [6.07, 6.45) is 1.36. The molecule has 0 N–H and O–H groups in total. The number of carbonyl (C=O) groups excluding carboxylic acids is 1. The van der Waals surface area contributed by atoms with Gasteiger partial charge in [-0.1, -0.05) is 11.6 Å². The topological polar surface area (TPSA) is 66.9 Å². The van der Waals surface area contributed by atoms with Crippen molar-refractivity contribution >= 4 is 33.2 Å². The highest BCUT2D eigenvalue weighted by Gasteiger charge is 2.30. The van der Waals surface area contributed by atoms with Crippen LogP contribution >= 0.6 is 11.6 Å². The normalized spacial score (nSPS) is 17.6. The number of nitrogens with zero attached hydrogens (tertiary/aromatic N) is 2. The van der Waals surface area contributed by atoms with Crippen LogP contribution in [0.15, 0.2) is 35.2 Å². The van der Waals surface area contributed by atoms with Crippen molar-refractivity contribution < 1.29 is 22.3 Å². The van der Waals surface area contributed by atoms with Gasteiger partial charge in [0.15, 0.2) is 0 Å². The van der Waals surface area contributed by atoms with E-state index in [1.165, 1.54) is 34.6 Å². The number of ether oxygens (including phenoxy) is 1. The van der Waals surface area contributed by atoms with Gasteiger partial charge in [-0.2, -0.15) is 4.31 Å². The smallest absolute Gasteiger partial charge is 0.259 e. The number of aryl methyl sites for hydroxylation is 2. The molecule has 0 saturated carbocycles. The van der Waals surface area contributed by atoms with Gasteiger partial charge in [0.2, 0.25) is 10.0 Å². The van der Waals surface area contributed by atoms with Crippen LogP contribution in [0.3, 0.4) is 0 Å². The molecule has 2 aromatic carbocycles. The molecule has 4 rings (SSSR count). The van der Waals surface area contributed by atoms with Crippen molar-refractivity contribution in [2.45, 2.75) is 24.7 Å². The third kappa shape index (κ3) is 3.85. The first kappa shape index (κ1) is 21.2. The molecule has 9 heteroatoms. The number of halogens is 2. The molecule has 2 heterocycles. The Labute approximate surface area is 180 Å². The van der Waals surface area contributed by atoms with Gasteiger partial charge in [0.05, 0.1) is 34.4 Å². The highest BCUT2D eigenvalue weighted by Crippen LogP contribution is 2.34. The van der Waals surface area contributed by atoms with Crippen molar-refractivity contribution in [2.75, 3.05) is 37.7 Å². The largest absolute Gasteiger partial charge is 0.379 e. The second-order valence-corrected chi connectivity index (χ2v) is 9.79. The van der Waals surface area contributed by atoms with Crippen LogP contribution in [-0.4, -0.2) is 51.5 Å². The van der Waals surface area contributed by atoms with E-state index in [1.54, 1.807) is 11.8 Å². The molecule has 1 saturated heterocycles. The monoisotopic (exact) mass is 452 g/mol. The van der Waals surface area contributed by atoms with Crippen molar-refractivity contribution in [1.29, 1.82) is 0 Å². The lowest BCUT2D eigenvalue weighted by atomic mass is 9.97. The molecule has 2 aromatic rings. The van der Waals surface area contributed by atoms with Gasteiger partial charge in [0, 0.05) is 19.6 Å². The van der Waals surface area contributed by atoms with Gasteiger partial charge in [-0.25, -0.2) is 12.8 Å². The Morgan fingerprint density at radius 3 is 2.60 bits per heavy atom.